The summed E-state index contributed by atoms with van der Waals surface area (Å²) in [6.07, 6.45) is 0. The number of carbonyl (C=O) groups is 1. The number of hydrogen-bond acceptors (Lipinski definition) is 3. The minimum Gasteiger partial charge on any atom is -0.399 e. The molecule has 0 aliphatic heterocycles. The lowest BCUT2D eigenvalue weighted by Crippen LogP contribution is -2.19. The van der Waals surface area contributed by atoms with E-state index in [9.17, 15) is 4.79 Å². The summed E-state index contributed by atoms with van der Waals surface area (Å²) < 4.78 is 2.21. The van der Waals surface area contributed by atoms with Crippen LogP contribution in [0.3, 0.4) is 0 Å². The highest BCUT2D eigenvalue weighted by Gasteiger charge is 2.16. The van der Waals surface area contributed by atoms with Crippen LogP contribution in [0.4, 0.5) is 5.69 Å². The van der Waals surface area contributed by atoms with E-state index in [0.29, 0.717) is 11.4 Å². The third-order valence-electron chi connectivity index (χ3n) is 3.81. The van der Waals surface area contributed by atoms with Gasteiger partial charge in [0.05, 0.1) is 11.2 Å². The summed E-state index contributed by atoms with van der Waals surface area (Å²) >= 11 is 0. The van der Waals surface area contributed by atoms with Gasteiger partial charge in [0.1, 0.15) is 5.69 Å². The van der Waals surface area contributed by atoms with Crippen molar-refractivity contribution in [3.8, 4) is 0 Å². The van der Waals surface area contributed by atoms with Gasteiger partial charge in [-0.2, -0.15) is 0 Å². The molecule has 2 heterocycles. The Bertz CT molecular complexity index is 864. The molecule has 5 heteroatoms. The number of nitrogens with two attached hydrogens (primary N) is 1. The molecule has 3 rings (SSSR count). The molecule has 2 aromatic heterocycles. The van der Waals surface area contributed by atoms with Crippen LogP contribution >= 0.6 is 0 Å². The molecule has 0 atom stereocenters. The predicted octanol–water partition coefficient (Wildman–Crippen LogP) is 2.46. The van der Waals surface area contributed by atoms with Gasteiger partial charge in [-0.05, 0) is 38.1 Å². The van der Waals surface area contributed by atoms with Crippen molar-refractivity contribution < 1.29 is 4.79 Å². The molecule has 3 aromatic rings. The smallest absolute Gasteiger partial charge is 0.269 e. The molecule has 5 nitrogen and oxygen atoms in total. The molecular weight excluding hydrogens is 264 g/mol. The molecule has 0 saturated heterocycles. The van der Waals surface area contributed by atoms with Crippen LogP contribution in [0.25, 0.3) is 21.8 Å². The molecule has 108 valence electrons. The van der Waals surface area contributed by atoms with Gasteiger partial charge in [-0.1, -0.05) is 0 Å². The third kappa shape index (κ3) is 1.93. The second-order valence-corrected chi connectivity index (χ2v) is 5.09. The Balaban J connectivity index is 2.48. The van der Waals surface area contributed by atoms with Gasteiger partial charge in [-0.15, -0.1) is 0 Å². The SMILES string of the molecule is CCn1c2ccc(N)cc2c2cc(C(=O)NC)nc(C)c21. The van der Waals surface area contributed by atoms with E-state index in [-0.39, 0.29) is 5.91 Å². The zero-order chi connectivity index (χ0) is 15.1. The quantitative estimate of drug-likeness (QED) is 0.709. The standard InChI is InChI=1S/C16H18N4O/c1-4-20-14-6-5-10(17)7-11(14)12-8-13(16(21)18-3)19-9(2)15(12)20/h5-8H,4,17H2,1-3H3,(H,18,21). The van der Waals surface area contributed by atoms with Crippen LogP contribution in [0.2, 0.25) is 0 Å². The van der Waals surface area contributed by atoms with Crippen LogP contribution in [-0.4, -0.2) is 22.5 Å². The molecular formula is C16H18N4O. The molecule has 0 aliphatic rings. The number of fused-ring (bicyclic) bond motifs is 3. The van der Waals surface area contributed by atoms with E-state index < -0.39 is 0 Å². The summed E-state index contributed by atoms with van der Waals surface area (Å²) in [4.78, 5) is 16.3. The fraction of sp³-hybridized carbons (Fsp3) is 0.250. The Morgan fingerprint density at radius 1 is 1.33 bits per heavy atom. The second kappa shape index (κ2) is 4.77. The number of pyridine rings is 1. The monoisotopic (exact) mass is 282 g/mol. The van der Waals surface area contributed by atoms with Gasteiger partial charge in [0, 0.05) is 35.6 Å². The van der Waals surface area contributed by atoms with Crippen LogP contribution in [0.1, 0.15) is 23.1 Å². The van der Waals surface area contributed by atoms with Crippen LogP contribution in [-0.2, 0) is 6.54 Å². The number of anilines is 1. The molecule has 0 spiro atoms. The fourth-order valence-electron chi connectivity index (χ4n) is 2.91. The highest BCUT2D eigenvalue weighted by atomic mass is 16.1. The van der Waals surface area contributed by atoms with Crippen molar-refractivity contribution in [1.82, 2.24) is 14.9 Å². The number of rotatable bonds is 2. The van der Waals surface area contributed by atoms with Gasteiger partial charge in [-0.25, -0.2) is 4.98 Å². The fourth-order valence-corrected chi connectivity index (χ4v) is 2.91. The largest absolute Gasteiger partial charge is 0.399 e. The maximum Gasteiger partial charge on any atom is 0.269 e. The van der Waals surface area contributed by atoms with E-state index in [1.54, 1.807) is 7.05 Å². The van der Waals surface area contributed by atoms with Gasteiger partial charge in [0.2, 0.25) is 0 Å². The van der Waals surface area contributed by atoms with E-state index in [1.165, 1.54) is 0 Å². The zero-order valence-electron chi connectivity index (χ0n) is 12.4. The van der Waals surface area contributed by atoms with Crippen LogP contribution in [0, 0.1) is 6.92 Å². The normalized spacial score (nSPS) is 11.2. The van der Waals surface area contributed by atoms with Crippen LogP contribution in [0.5, 0.6) is 0 Å². The number of aromatic nitrogens is 2. The summed E-state index contributed by atoms with van der Waals surface area (Å²) in [5.74, 6) is -0.179. The first-order valence-electron chi connectivity index (χ1n) is 6.98. The Kier molecular flexibility index (Phi) is 3.05. The number of carbonyl (C=O) groups excluding carboxylic acids is 1. The molecule has 3 N–H and O–H groups in total. The Morgan fingerprint density at radius 2 is 2.10 bits per heavy atom. The number of nitrogens with zero attached hydrogens (tertiary/aromatic N) is 2. The summed E-state index contributed by atoms with van der Waals surface area (Å²) in [5.41, 5.74) is 10.1. The first-order valence-corrected chi connectivity index (χ1v) is 6.98. The first kappa shape index (κ1) is 13.4. The topological polar surface area (TPSA) is 72.9 Å². The number of nitrogens with one attached hydrogen (secondary N) is 1. The molecule has 0 bridgehead atoms. The number of aryl methyl sites for hydroxylation is 2. The van der Waals surface area contributed by atoms with E-state index in [1.807, 2.05) is 31.2 Å². The van der Waals surface area contributed by atoms with Crippen molar-refractivity contribution in [3.63, 3.8) is 0 Å². The molecule has 0 saturated carbocycles. The minimum absolute atomic E-state index is 0.179. The number of benzene rings is 1. The maximum absolute atomic E-state index is 11.9. The Labute approximate surface area is 122 Å². The number of hydrogen-bond donors (Lipinski definition) is 2. The molecule has 0 radical (unpaired) electrons. The molecule has 1 aromatic carbocycles. The second-order valence-electron chi connectivity index (χ2n) is 5.09. The lowest BCUT2D eigenvalue weighted by molar-refractivity contribution is 0.0958. The van der Waals surface area contributed by atoms with Crippen molar-refractivity contribution in [3.05, 3.63) is 35.7 Å². The first-order chi connectivity index (χ1) is 10.1. The number of amides is 1. The van der Waals surface area contributed by atoms with Crippen molar-refractivity contribution in [2.24, 2.45) is 0 Å². The zero-order valence-corrected chi connectivity index (χ0v) is 12.4. The highest BCUT2D eigenvalue weighted by Crippen LogP contribution is 2.32. The Morgan fingerprint density at radius 3 is 2.76 bits per heavy atom. The van der Waals surface area contributed by atoms with E-state index in [0.717, 1.165) is 34.0 Å². The van der Waals surface area contributed by atoms with Crippen molar-refractivity contribution in [1.29, 1.82) is 0 Å². The molecule has 21 heavy (non-hydrogen) atoms. The molecule has 0 aliphatic carbocycles. The molecule has 0 unspecified atom stereocenters. The summed E-state index contributed by atoms with van der Waals surface area (Å²) in [6.45, 7) is 4.87. The molecule has 0 fully saturated rings. The predicted molar refractivity (Wildman–Crippen MR) is 85.5 cm³/mol. The van der Waals surface area contributed by atoms with Crippen LogP contribution < -0.4 is 11.1 Å². The minimum atomic E-state index is -0.179. The van der Waals surface area contributed by atoms with Crippen LogP contribution in [0.15, 0.2) is 24.3 Å². The molecule has 1 amide bonds. The highest BCUT2D eigenvalue weighted by molar-refractivity contribution is 6.11. The summed E-state index contributed by atoms with van der Waals surface area (Å²) in [6, 6.07) is 7.72. The summed E-state index contributed by atoms with van der Waals surface area (Å²) in [7, 11) is 1.61. The van der Waals surface area contributed by atoms with Gasteiger partial charge in [-0.3, -0.25) is 4.79 Å². The average molecular weight is 282 g/mol. The van der Waals surface area contributed by atoms with E-state index in [2.05, 4.69) is 21.8 Å². The lowest BCUT2D eigenvalue weighted by Gasteiger charge is -2.06. The van der Waals surface area contributed by atoms with Crippen molar-refractivity contribution >= 4 is 33.4 Å². The number of nitrogen functional groups attached to an aromatic ring is 1. The third-order valence-corrected chi connectivity index (χ3v) is 3.81. The van der Waals surface area contributed by atoms with Crippen molar-refractivity contribution in [2.75, 3.05) is 12.8 Å². The lowest BCUT2D eigenvalue weighted by atomic mass is 10.1. The summed E-state index contributed by atoms with van der Waals surface area (Å²) in [5, 5.41) is 4.70. The Hall–Kier alpha value is -2.56. The average Bonchev–Trinajstić information content (AvgIpc) is 2.80. The maximum atomic E-state index is 11.9. The van der Waals surface area contributed by atoms with Gasteiger partial charge >= 0.3 is 0 Å². The van der Waals surface area contributed by atoms with Gasteiger partial charge in [0.15, 0.2) is 0 Å². The van der Waals surface area contributed by atoms with Crippen molar-refractivity contribution in [2.45, 2.75) is 20.4 Å². The van der Waals surface area contributed by atoms with Gasteiger partial charge in [0.25, 0.3) is 5.91 Å². The van der Waals surface area contributed by atoms with E-state index >= 15 is 0 Å². The van der Waals surface area contributed by atoms with Gasteiger partial charge < -0.3 is 15.6 Å². The van der Waals surface area contributed by atoms with E-state index in [4.69, 9.17) is 5.73 Å².